The minimum Gasteiger partial charge on any atom is -0.384 e. The molecule has 0 radical (unpaired) electrons. The standard InChI is InChI=1S/C14H20F3NO/c1-10(9-19-3)8-13(18-2)11-4-6-12(7-5-11)14(15,16)17/h4-7,10,13,18H,8-9H2,1-3H3. The smallest absolute Gasteiger partial charge is 0.384 e. The first kappa shape index (κ1) is 16.0. The molecule has 0 aliphatic carbocycles. The number of rotatable bonds is 6. The minimum absolute atomic E-state index is 0.0347. The van der Waals surface area contributed by atoms with E-state index in [4.69, 9.17) is 4.74 Å². The third-order valence-corrected chi connectivity index (χ3v) is 3.08. The van der Waals surface area contributed by atoms with Crippen molar-refractivity contribution >= 4 is 0 Å². The zero-order valence-corrected chi connectivity index (χ0v) is 11.4. The van der Waals surface area contributed by atoms with Gasteiger partial charge in [-0.2, -0.15) is 13.2 Å². The normalized spacial score (nSPS) is 15.3. The van der Waals surface area contributed by atoms with Gasteiger partial charge in [0.25, 0.3) is 0 Å². The molecule has 108 valence electrons. The molecule has 0 bridgehead atoms. The highest BCUT2D eigenvalue weighted by atomic mass is 19.4. The topological polar surface area (TPSA) is 21.3 Å². The van der Waals surface area contributed by atoms with E-state index >= 15 is 0 Å². The van der Waals surface area contributed by atoms with Crippen LogP contribution < -0.4 is 5.32 Å². The van der Waals surface area contributed by atoms with Crippen LogP contribution in [0.3, 0.4) is 0 Å². The van der Waals surface area contributed by atoms with Crippen molar-refractivity contribution in [2.75, 3.05) is 20.8 Å². The van der Waals surface area contributed by atoms with Crippen molar-refractivity contribution in [3.05, 3.63) is 35.4 Å². The fourth-order valence-corrected chi connectivity index (χ4v) is 2.08. The molecule has 0 saturated heterocycles. The lowest BCUT2D eigenvalue weighted by Crippen LogP contribution is -2.21. The Balaban J connectivity index is 2.77. The van der Waals surface area contributed by atoms with E-state index in [1.54, 1.807) is 7.11 Å². The van der Waals surface area contributed by atoms with Crippen molar-refractivity contribution in [2.45, 2.75) is 25.6 Å². The van der Waals surface area contributed by atoms with E-state index in [0.717, 1.165) is 24.1 Å². The number of halogens is 3. The second-order valence-corrected chi connectivity index (χ2v) is 4.76. The lowest BCUT2D eigenvalue weighted by molar-refractivity contribution is -0.137. The molecule has 0 heterocycles. The second kappa shape index (κ2) is 6.91. The van der Waals surface area contributed by atoms with E-state index < -0.39 is 11.7 Å². The zero-order chi connectivity index (χ0) is 14.5. The molecular formula is C14H20F3NO. The molecule has 1 N–H and O–H groups in total. The summed E-state index contributed by atoms with van der Waals surface area (Å²) in [5, 5.41) is 3.13. The lowest BCUT2D eigenvalue weighted by Gasteiger charge is -2.21. The Labute approximate surface area is 112 Å². The molecule has 1 aromatic carbocycles. The molecule has 2 nitrogen and oxygen atoms in total. The number of hydrogen-bond acceptors (Lipinski definition) is 2. The van der Waals surface area contributed by atoms with Crippen LogP contribution in [0, 0.1) is 5.92 Å². The highest BCUT2D eigenvalue weighted by Crippen LogP contribution is 2.30. The molecule has 0 aromatic heterocycles. The van der Waals surface area contributed by atoms with Gasteiger partial charge in [-0.3, -0.25) is 0 Å². The summed E-state index contributed by atoms with van der Waals surface area (Å²) in [6, 6.07) is 5.35. The van der Waals surface area contributed by atoms with Gasteiger partial charge in [-0.15, -0.1) is 0 Å². The van der Waals surface area contributed by atoms with Gasteiger partial charge in [0.1, 0.15) is 0 Å². The number of benzene rings is 1. The third kappa shape index (κ3) is 4.84. The van der Waals surface area contributed by atoms with Crippen LogP contribution >= 0.6 is 0 Å². The summed E-state index contributed by atoms with van der Waals surface area (Å²) in [7, 11) is 3.45. The van der Waals surface area contributed by atoms with E-state index in [9.17, 15) is 13.2 Å². The average molecular weight is 275 g/mol. The molecule has 2 unspecified atom stereocenters. The molecule has 0 amide bonds. The Kier molecular flexibility index (Phi) is 5.82. The van der Waals surface area contributed by atoms with Gasteiger partial charge in [0.2, 0.25) is 0 Å². The summed E-state index contributed by atoms with van der Waals surface area (Å²) in [6.07, 6.45) is -3.47. The molecule has 1 aromatic rings. The highest BCUT2D eigenvalue weighted by Gasteiger charge is 2.30. The van der Waals surface area contributed by atoms with Gasteiger partial charge in [0.15, 0.2) is 0 Å². The Bertz CT molecular complexity index is 375. The summed E-state index contributed by atoms with van der Waals surface area (Å²) in [5.74, 6) is 0.338. The predicted octanol–water partition coefficient (Wildman–Crippen LogP) is 3.64. The largest absolute Gasteiger partial charge is 0.416 e. The number of hydrogen-bond donors (Lipinski definition) is 1. The highest BCUT2D eigenvalue weighted by molar-refractivity contribution is 5.26. The zero-order valence-electron chi connectivity index (χ0n) is 11.4. The molecule has 0 spiro atoms. The number of nitrogens with one attached hydrogen (secondary N) is 1. The maximum Gasteiger partial charge on any atom is 0.416 e. The van der Waals surface area contributed by atoms with Crippen LogP contribution in [0.25, 0.3) is 0 Å². The second-order valence-electron chi connectivity index (χ2n) is 4.76. The Morgan fingerprint density at radius 3 is 2.21 bits per heavy atom. The van der Waals surface area contributed by atoms with Crippen LogP contribution in [0.1, 0.15) is 30.5 Å². The van der Waals surface area contributed by atoms with Crippen molar-refractivity contribution in [1.82, 2.24) is 5.32 Å². The van der Waals surface area contributed by atoms with E-state index in [1.807, 2.05) is 7.05 Å². The van der Waals surface area contributed by atoms with Crippen LogP contribution in [0.4, 0.5) is 13.2 Å². The summed E-state index contributed by atoms with van der Waals surface area (Å²) in [5.41, 5.74) is 0.245. The molecule has 0 saturated carbocycles. The van der Waals surface area contributed by atoms with Crippen LogP contribution in [0.15, 0.2) is 24.3 Å². The summed E-state index contributed by atoms with van der Waals surface area (Å²) < 4.78 is 42.5. The molecule has 0 aliphatic heterocycles. The molecular weight excluding hydrogens is 255 g/mol. The van der Waals surface area contributed by atoms with Gasteiger partial charge in [-0.1, -0.05) is 19.1 Å². The van der Waals surface area contributed by atoms with Crippen LogP contribution in [0.2, 0.25) is 0 Å². The minimum atomic E-state index is -4.28. The Hall–Kier alpha value is -1.07. The van der Waals surface area contributed by atoms with E-state index in [2.05, 4.69) is 12.2 Å². The molecule has 19 heavy (non-hydrogen) atoms. The van der Waals surface area contributed by atoms with Gasteiger partial charge in [-0.25, -0.2) is 0 Å². The van der Waals surface area contributed by atoms with Gasteiger partial charge in [0, 0.05) is 19.8 Å². The monoisotopic (exact) mass is 275 g/mol. The van der Waals surface area contributed by atoms with Crippen molar-refractivity contribution < 1.29 is 17.9 Å². The van der Waals surface area contributed by atoms with E-state index in [-0.39, 0.29) is 6.04 Å². The summed E-state index contributed by atoms with van der Waals surface area (Å²) in [4.78, 5) is 0. The van der Waals surface area contributed by atoms with Crippen molar-refractivity contribution in [2.24, 2.45) is 5.92 Å². The Morgan fingerprint density at radius 1 is 1.21 bits per heavy atom. The van der Waals surface area contributed by atoms with Crippen LogP contribution in [0.5, 0.6) is 0 Å². The molecule has 0 fully saturated rings. The van der Waals surface area contributed by atoms with Crippen molar-refractivity contribution in [3.8, 4) is 0 Å². The third-order valence-electron chi connectivity index (χ3n) is 3.08. The van der Waals surface area contributed by atoms with Crippen LogP contribution in [-0.4, -0.2) is 20.8 Å². The maximum atomic E-state index is 12.5. The SMILES string of the molecule is CNC(CC(C)COC)c1ccc(C(F)(F)F)cc1. The number of ether oxygens (including phenoxy) is 1. The quantitative estimate of drug-likeness (QED) is 0.856. The molecule has 1 rings (SSSR count). The maximum absolute atomic E-state index is 12.5. The molecule has 5 heteroatoms. The van der Waals surface area contributed by atoms with Gasteiger partial charge in [-0.05, 0) is 37.1 Å². The fourth-order valence-electron chi connectivity index (χ4n) is 2.08. The number of methoxy groups -OCH3 is 1. The van der Waals surface area contributed by atoms with Gasteiger partial charge < -0.3 is 10.1 Å². The van der Waals surface area contributed by atoms with E-state index in [0.29, 0.717) is 12.5 Å². The van der Waals surface area contributed by atoms with Gasteiger partial charge in [0.05, 0.1) is 5.56 Å². The van der Waals surface area contributed by atoms with Crippen molar-refractivity contribution in [1.29, 1.82) is 0 Å². The fraction of sp³-hybridized carbons (Fsp3) is 0.571. The predicted molar refractivity (Wildman–Crippen MR) is 68.9 cm³/mol. The molecule has 0 aliphatic rings. The summed E-state index contributed by atoms with van der Waals surface area (Å²) in [6.45, 7) is 2.69. The first-order chi connectivity index (χ1) is 8.88. The van der Waals surface area contributed by atoms with Gasteiger partial charge >= 0.3 is 6.18 Å². The van der Waals surface area contributed by atoms with Crippen molar-refractivity contribution in [3.63, 3.8) is 0 Å². The average Bonchev–Trinajstić information content (AvgIpc) is 2.35. The summed E-state index contributed by atoms with van der Waals surface area (Å²) >= 11 is 0. The molecule has 2 atom stereocenters. The van der Waals surface area contributed by atoms with E-state index in [1.165, 1.54) is 12.1 Å². The number of alkyl halides is 3. The Morgan fingerprint density at radius 2 is 1.79 bits per heavy atom. The lowest BCUT2D eigenvalue weighted by atomic mass is 9.95. The van der Waals surface area contributed by atoms with Crippen LogP contribution in [-0.2, 0) is 10.9 Å². The first-order valence-corrected chi connectivity index (χ1v) is 6.21. The first-order valence-electron chi connectivity index (χ1n) is 6.21.